The first-order chi connectivity index (χ1) is 8.81. The van der Waals surface area contributed by atoms with Gasteiger partial charge in [0.25, 0.3) is 5.91 Å². The normalized spacial score (nSPS) is 12.3. The number of amides is 1. The number of hydrogen-bond acceptors (Lipinski definition) is 3. The molecule has 2 N–H and O–H groups in total. The molecule has 0 fully saturated rings. The molecule has 0 aliphatic heterocycles. The number of carboxylic acids is 1. The molecule has 0 saturated carbocycles. The molecule has 1 rings (SSSR count). The van der Waals surface area contributed by atoms with Gasteiger partial charge in [0.1, 0.15) is 6.04 Å². The molecular weight excluding hydrogens is 244 g/mol. The number of rotatable bonds is 5. The van der Waals surface area contributed by atoms with Crippen molar-refractivity contribution < 1.29 is 14.7 Å². The Hall–Kier alpha value is -1.91. The van der Waals surface area contributed by atoms with Crippen LogP contribution in [0.3, 0.4) is 0 Å². The molecular formula is C14H20N2O3. The van der Waals surface area contributed by atoms with Crippen LogP contribution in [-0.2, 0) is 4.79 Å². The highest BCUT2D eigenvalue weighted by Crippen LogP contribution is 2.09. The topological polar surface area (TPSA) is 79.3 Å². The molecule has 1 heterocycles. The van der Waals surface area contributed by atoms with Crippen LogP contribution in [0.4, 0.5) is 0 Å². The minimum absolute atomic E-state index is 0.193. The van der Waals surface area contributed by atoms with E-state index in [4.69, 9.17) is 5.11 Å². The summed E-state index contributed by atoms with van der Waals surface area (Å²) in [6, 6.07) is 2.54. The number of nitrogens with one attached hydrogen (secondary N) is 1. The average molecular weight is 264 g/mol. The van der Waals surface area contributed by atoms with Crippen molar-refractivity contribution in [2.24, 2.45) is 5.92 Å². The third kappa shape index (κ3) is 4.35. The smallest absolute Gasteiger partial charge is 0.326 e. The standard InChI is InChI=1S/C14H20N2O3/c1-8(2)7-12(14(18)19)16-13(17)11-6-5-9(3)15-10(11)4/h5-6,8,12H,7H2,1-4H3,(H,16,17)(H,18,19). The lowest BCUT2D eigenvalue weighted by atomic mass is 10.0. The summed E-state index contributed by atoms with van der Waals surface area (Å²) in [4.78, 5) is 27.4. The number of aliphatic carboxylic acids is 1. The van der Waals surface area contributed by atoms with Gasteiger partial charge in [0.15, 0.2) is 0 Å². The highest BCUT2D eigenvalue weighted by atomic mass is 16.4. The predicted octanol–water partition coefficient (Wildman–Crippen LogP) is 1.93. The number of carbonyl (C=O) groups excluding carboxylic acids is 1. The molecule has 0 saturated heterocycles. The third-order valence-corrected chi connectivity index (χ3v) is 2.78. The Balaban J connectivity index is 2.84. The maximum absolute atomic E-state index is 12.1. The molecule has 1 atom stereocenters. The monoisotopic (exact) mass is 264 g/mol. The van der Waals surface area contributed by atoms with E-state index in [0.29, 0.717) is 17.7 Å². The van der Waals surface area contributed by atoms with Gasteiger partial charge in [-0.15, -0.1) is 0 Å². The largest absolute Gasteiger partial charge is 0.480 e. The number of aryl methyl sites for hydroxylation is 2. The molecule has 0 radical (unpaired) electrons. The molecule has 1 unspecified atom stereocenters. The maximum Gasteiger partial charge on any atom is 0.326 e. The minimum Gasteiger partial charge on any atom is -0.480 e. The molecule has 1 amide bonds. The van der Waals surface area contributed by atoms with Crippen molar-refractivity contribution in [2.75, 3.05) is 0 Å². The molecule has 5 heteroatoms. The Kier molecular flexibility index (Phi) is 5.03. The van der Waals surface area contributed by atoms with Crippen LogP contribution < -0.4 is 5.32 Å². The van der Waals surface area contributed by atoms with Crippen molar-refractivity contribution in [3.63, 3.8) is 0 Å². The zero-order chi connectivity index (χ0) is 14.6. The van der Waals surface area contributed by atoms with Gasteiger partial charge in [0.2, 0.25) is 0 Å². The number of pyridine rings is 1. The number of nitrogens with zero attached hydrogens (tertiary/aromatic N) is 1. The summed E-state index contributed by atoms with van der Waals surface area (Å²) in [5.74, 6) is -1.21. The van der Waals surface area contributed by atoms with Crippen molar-refractivity contribution in [3.05, 3.63) is 29.1 Å². The number of hydrogen-bond donors (Lipinski definition) is 2. The van der Waals surface area contributed by atoms with Crippen molar-refractivity contribution >= 4 is 11.9 Å². The van der Waals surface area contributed by atoms with Crippen LogP contribution in [0.5, 0.6) is 0 Å². The van der Waals surface area contributed by atoms with Crippen LogP contribution in [-0.4, -0.2) is 28.0 Å². The fourth-order valence-corrected chi connectivity index (χ4v) is 1.86. The van der Waals surface area contributed by atoms with Crippen molar-refractivity contribution in [2.45, 2.75) is 40.2 Å². The highest BCUT2D eigenvalue weighted by molar-refractivity contribution is 5.97. The zero-order valence-corrected chi connectivity index (χ0v) is 11.7. The predicted molar refractivity (Wildman–Crippen MR) is 72.1 cm³/mol. The van der Waals surface area contributed by atoms with E-state index in [1.807, 2.05) is 20.8 Å². The summed E-state index contributed by atoms with van der Waals surface area (Å²) in [5.41, 5.74) is 1.85. The molecule has 1 aromatic heterocycles. The van der Waals surface area contributed by atoms with E-state index in [1.165, 1.54) is 0 Å². The Morgan fingerprint density at radius 3 is 2.42 bits per heavy atom. The lowest BCUT2D eigenvalue weighted by molar-refractivity contribution is -0.139. The molecule has 0 bridgehead atoms. The van der Waals surface area contributed by atoms with Gasteiger partial charge in [-0.3, -0.25) is 9.78 Å². The molecule has 0 aliphatic rings. The van der Waals surface area contributed by atoms with Crippen LogP contribution >= 0.6 is 0 Å². The second-order valence-corrected chi connectivity index (χ2v) is 5.08. The zero-order valence-electron chi connectivity index (χ0n) is 11.7. The van der Waals surface area contributed by atoms with Crippen molar-refractivity contribution in [3.8, 4) is 0 Å². The fourth-order valence-electron chi connectivity index (χ4n) is 1.86. The van der Waals surface area contributed by atoms with Crippen LogP contribution in [0.1, 0.15) is 42.0 Å². The quantitative estimate of drug-likeness (QED) is 0.851. The van der Waals surface area contributed by atoms with Gasteiger partial charge in [-0.2, -0.15) is 0 Å². The summed E-state index contributed by atoms with van der Waals surface area (Å²) in [6.45, 7) is 7.41. The Labute approximate surface area is 113 Å². The fraction of sp³-hybridized carbons (Fsp3) is 0.500. The van der Waals surface area contributed by atoms with E-state index in [2.05, 4.69) is 10.3 Å². The van der Waals surface area contributed by atoms with E-state index in [-0.39, 0.29) is 5.92 Å². The second-order valence-electron chi connectivity index (χ2n) is 5.08. The van der Waals surface area contributed by atoms with E-state index < -0.39 is 17.9 Å². The lowest BCUT2D eigenvalue weighted by Crippen LogP contribution is -2.41. The summed E-state index contributed by atoms with van der Waals surface area (Å²) in [6.07, 6.45) is 0.402. The maximum atomic E-state index is 12.1. The highest BCUT2D eigenvalue weighted by Gasteiger charge is 2.22. The lowest BCUT2D eigenvalue weighted by Gasteiger charge is -2.17. The first kappa shape index (κ1) is 15.1. The van der Waals surface area contributed by atoms with Crippen molar-refractivity contribution in [1.29, 1.82) is 0 Å². The van der Waals surface area contributed by atoms with Gasteiger partial charge in [-0.05, 0) is 38.3 Å². The number of carbonyl (C=O) groups is 2. The second kappa shape index (κ2) is 6.31. The van der Waals surface area contributed by atoms with Gasteiger partial charge in [0, 0.05) is 5.69 Å². The SMILES string of the molecule is Cc1ccc(C(=O)NC(CC(C)C)C(=O)O)c(C)n1. The van der Waals surface area contributed by atoms with Gasteiger partial charge in [-0.1, -0.05) is 13.8 Å². The Bertz CT molecular complexity index is 484. The first-order valence-electron chi connectivity index (χ1n) is 6.29. The average Bonchev–Trinajstić information content (AvgIpc) is 2.26. The first-order valence-corrected chi connectivity index (χ1v) is 6.29. The van der Waals surface area contributed by atoms with Gasteiger partial charge >= 0.3 is 5.97 Å². The molecule has 104 valence electrons. The Morgan fingerprint density at radius 1 is 1.32 bits per heavy atom. The third-order valence-electron chi connectivity index (χ3n) is 2.78. The molecule has 0 aromatic carbocycles. The van der Waals surface area contributed by atoms with Crippen LogP contribution in [0.25, 0.3) is 0 Å². The summed E-state index contributed by atoms with van der Waals surface area (Å²) < 4.78 is 0. The van der Waals surface area contributed by atoms with E-state index in [0.717, 1.165) is 5.69 Å². The molecule has 0 aliphatic carbocycles. The molecule has 5 nitrogen and oxygen atoms in total. The van der Waals surface area contributed by atoms with E-state index >= 15 is 0 Å². The van der Waals surface area contributed by atoms with Crippen molar-refractivity contribution in [1.82, 2.24) is 10.3 Å². The molecule has 1 aromatic rings. The van der Waals surface area contributed by atoms with Gasteiger partial charge in [0.05, 0.1) is 11.3 Å². The van der Waals surface area contributed by atoms with E-state index in [1.54, 1.807) is 19.1 Å². The summed E-state index contributed by atoms with van der Waals surface area (Å²) in [5, 5.41) is 11.6. The summed E-state index contributed by atoms with van der Waals surface area (Å²) >= 11 is 0. The van der Waals surface area contributed by atoms with Crippen LogP contribution in [0.15, 0.2) is 12.1 Å². The van der Waals surface area contributed by atoms with Gasteiger partial charge in [-0.25, -0.2) is 4.79 Å². The summed E-state index contributed by atoms with van der Waals surface area (Å²) in [7, 11) is 0. The Morgan fingerprint density at radius 2 is 1.95 bits per heavy atom. The minimum atomic E-state index is -1.01. The van der Waals surface area contributed by atoms with E-state index in [9.17, 15) is 9.59 Å². The molecule has 0 spiro atoms. The number of carboxylic acid groups (broad SMARTS) is 1. The van der Waals surface area contributed by atoms with Crippen LogP contribution in [0, 0.1) is 19.8 Å². The van der Waals surface area contributed by atoms with Crippen LogP contribution in [0.2, 0.25) is 0 Å². The number of aromatic nitrogens is 1. The van der Waals surface area contributed by atoms with Gasteiger partial charge < -0.3 is 10.4 Å². The molecule has 19 heavy (non-hydrogen) atoms.